The highest BCUT2D eigenvalue weighted by Crippen LogP contribution is 2.41. The maximum atomic E-state index is 13.3. The van der Waals surface area contributed by atoms with Gasteiger partial charge in [-0.2, -0.15) is 0 Å². The van der Waals surface area contributed by atoms with E-state index >= 15 is 0 Å². The first kappa shape index (κ1) is 17.6. The molecule has 0 aromatic heterocycles. The van der Waals surface area contributed by atoms with Crippen molar-refractivity contribution in [2.45, 2.75) is 25.2 Å². The summed E-state index contributed by atoms with van der Waals surface area (Å²) in [5, 5.41) is 0. The number of hydrogen-bond acceptors (Lipinski definition) is 2. The van der Waals surface area contributed by atoms with Crippen LogP contribution < -0.4 is 0 Å². The average molecular weight is 356 g/mol. The van der Waals surface area contributed by atoms with Gasteiger partial charge in [0.1, 0.15) is 5.82 Å². The molecule has 0 aliphatic heterocycles. The molecule has 0 heterocycles. The third-order valence-electron chi connectivity index (χ3n) is 4.41. The number of sulfone groups is 1. The van der Waals surface area contributed by atoms with Crippen LogP contribution in [0.1, 0.15) is 31.4 Å². The van der Waals surface area contributed by atoms with Gasteiger partial charge in [-0.15, -0.1) is 0 Å². The van der Waals surface area contributed by atoms with Crippen LogP contribution in [0.4, 0.5) is 4.39 Å². The Morgan fingerprint density at radius 3 is 1.96 bits per heavy atom. The van der Waals surface area contributed by atoms with Crippen molar-refractivity contribution in [3.63, 3.8) is 0 Å². The first-order valence-corrected chi connectivity index (χ1v) is 10.0. The Morgan fingerprint density at radius 1 is 0.880 bits per heavy atom. The Bertz CT molecular complexity index is 948. The average Bonchev–Trinajstić information content (AvgIpc) is 2.54. The highest BCUT2D eigenvalue weighted by Gasteiger charge is 2.23. The summed E-state index contributed by atoms with van der Waals surface area (Å²) < 4.78 is 36.6. The van der Waals surface area contributed by atoms with Gasteiger partial charge in [0, 0.05) is 6.26 Å². The molecule has 2 aromatic rings. The van der Waals surface area contributed by atoms with Crippen LogP contribution in [0.2, 0.25) is 0 Å². The number of allylic oxidation sites excluding steroid dienone is 4. The van der Waals surface area contributed by atoms with Crippen LogP contribution in [0.5, 0.6) is 0 Å². The molecule has 0 atom stereocenters. The molecule has 1 aliphatic rings. The summed E-state index contributed by atoms with van der Waals surface area (Å²) in [5.74, 6) is -0.262. The fraction of sp³-hybridized carbons (Fsp3) is 0.238. The van der Waals surface area contributed by atoms with E-state index in [0.29, 0.717) is 4.90 Å². The van der Waals surface area contributed by atoms with E-state index in [1.807, 2.05) is 12.1 Å². The summed E-state index contributed by atoms with van der Waals surface area (Å²) in [4.78, 5) is 0.306. The molecule has 0 fully saturated rings. The molecule has 0 saturated carbocycles. The Labute approximate surface area is 148 Å². The van der Waals surface area contributed by atoms with Crippen LogP contribution in [-0.4, -0.2) is 14.7 Å². The Morgan fingerprint density at radius 2 is 1.40 bits per heavy atom. The molecule has 2 aromatic carbocycles. The highest BCUT2D eigenvalue weighted by atomic mass is 32.2. The third kappa shape index (κ3) is 3.90. The summed E-state index contributed by atoms with van der Waals surface area (Å²) in [7, 11) is -3.22. The van der Waals surface area contributed by atoms with Crippen LogP contribution in [-0.2, 0) is 9.84 Å². The molecule has 1 aliphatic carbocycles. The van der Waals surface area contributed by atoms with Crippen molar-refractivity contribution in [2.75, 3.05) is 6.26 Å². The second kappa shape index (κ2) is 6.26. The maximum absolute atomic E-state index is 13.3. The molecular formula is C21H21FO2S. The predicted molar refractivity (Wildman–Crippen MR) is 100 cm³/mol. The minimum atomic E-state index is -3.22. The molecule has 0 N–H and O–H groups in total. The second-order valence-corrected chi connectivity index (χ2v) is 9.19. The first-order chi connectivity index (χ1) is 11.7. The molecule has 0 bridgehead atoms. The summed E-state index contributed by atoms with van der Waals surface area (Å²) in [6.07, 6.45) is 6.48. The molecular weight excluding hydrogens is 335 g/mol. The lowest BCUT2D eigenvalue weighted by Crippen LogP contribution is -2.12. The molecule has 0 amide bonds. The van der Waals surface area contributed by atoms with Crippen molar-refractivity contribution in [1.29, 1.82) is 0 Å². The van der Waals surface area contributed by atoms with Gasteiger partial charge in [-0.25, -0.2) is 12.8 Å². The normalized spacial score (nSPS) is 17.0. The molecule has 0 spiro atoms. The Kier molecular flexibility index (Phi) is 4.41. The van der Waals surface area contributed by atoms with E-state index in [-0.39, 0.29) is 11.2 Å². The third-order valence-corrected chi connectivity index (χ3v) is 5.53. The summed E-state index contributed by atoms with van der Waals surface area (Å²) in [6.45, 7) is 4.33. The van der Waals surface area contributed by atoms with Gasteiger partial charge in [0.25, 0.3) is 0 Å². The van der Waals surface area contributed by atoms with E-state index in [1.54, 1.807) is 24.3 Å². The summed E-state index contributed by atoms with van der Waals surface area (Å²) >= 11 is 0. The van der Waals surface area contributed by atoms with Crippen LogP contribution in [0.25, 0.3) is 11.1 Å². The lowest BCUT2D eigenvalue weighted by Gasteiger charge is -2.28. The standard InChI is InChI=1S/C21H21FO2S/c1-21(2)13-12-19(15-6-10-18(11-7-15)25(3,23)24)20(14-21)16-4-8-17(22)9-5-16/h4-12,14H,13H2,1-3H3. The second-order valence-electron chi connectivity index (χ2n) is 7.17. The Hall–Kier alpha value is -2.20. The molecule has 25 heavy (non-hydrogen) atoms. The van der Waals surface area contributed by atoms with Gasteiger partial charge in [-0.05, 0) is 58.4 Å². The van der Waals surface area contributed by atoms with Crippen LogP contribution >= 0.6 is 0 Å². The largest absolute Gasteiger partial charge is 0.224 e. The number of halogens is 1. The van der Waals surface area contributed by atoms with E-state index in [9.17, 15) is 12.8 Å². The first-order valence-electron chi connectivity index (χ1n) is 8.16. The highest BCUT2D eigenvalue weighted by molar-refractivity contribution is 7.90. The molecule has 0 unspecified atom stereocenters. The molecule has 2 nitrogen and oxygen atoms in total. The number of hydrogen-bond donors (Lipinski definition) is 0. The zero-order chi connectivity index (χ0) is 18.2. The smallest absolute Gasteiger partial charge is 0.175 e. The van der Waals surface area contributed by atoms with Gasteiger partial charge < -0.3 is 0 Å². The van der Waals surface area contributed by atoms with Gasteiger partial charge in [0.2, 0.25) is 0 Å². The maximum Gasteiger partial charge on any atom is 0.175 e. The Balaban J connectivity index is 2.06. The minimum Gasteiger partial charge on any atom is -0.224 e. The SMILES string of the molecule is CC1(C)C=C(c2ccc(F)cc2)C(c2ccc(S(C)(=O)=O)cc2)=CC1. The molecule has 3 rings (SSSR count). The van der Waals surface area contributed by atoms with Crippen molar-refractivity contribution < 1.29 is 12.8 Å². The van der Waals surface area contributed by atoms with Gasteiger partial charge in [0.05, 0.1) is 4.90 Å². The van der Waals surface area contributed by atoms with E-state index in [1.165, 1.54) is 18.4 Å². The van der Waals surface area contributed by atoms with Gasteiger partial charge in [-0.1, -0.05) is 50.3 Å². The molecule has 130 valence electrons. The van der Waals surface area contributed by atoms with Gasteiger partial charge >= 0.3 is 0 Å². The van der Waals surface area contributed by atoms with E-state index in [2.05, 4.69) is 26.0 Å². The quantitative estimate of drug-likeness (QED) is 0.764. The van der Waals surface area contributed by atoms with Crippen molar-refractivity contribution in [2.24, 2.45) is 5.41 Å². The fourth-order valence-corrected chi connectivity index (χ4v) is 3.66. The van der Waals surface area contributed by atoms with Gasteiger partial charge in [-0.3, -0.25) is 0 Å². The topological polar surface area (TPSA) is 34.1 Å². The van der Waals surface area contributed by atoms with E-state index in [0.717, 1.165) is 28.7 Å². The van der Waals surface area contributed by atoms with Crippen LogP contribution in [0.3, 0.4) is 0 Å². The predicted octanol–water partition coefficient (Wildman–Crippen LogP) is 5.13. The zero-order valence-electron chi connectivity index (χ0n) is 14.6. The van der Waals surface area contributed by atoms with Crippen LogP contribution in [0, 0.1) is 11.2 Å². The van der Waals surface area contributed by atoms with Crippen molar-refractivity contribution in [3.05, 3.63) is 77.6 Å². The lowest BCUT2D eigenvalue weighted by atomic mass is 9.77. The molecule has 4 heteroatoms. The van der Waals surface area contributed by atoms with Crippen LogP contribution in [0.15, 0.2) is 65.6 Å². The van der Waals surface area contributed by atoms with Gasteiger partial charge in [0.15, 0.2) is 9.84 Å². The summed E-state index contributed by atoms with van der Waals surface area (Å²) in [6, 6.07) is 13.4. The van der Waals surface area contributed by atoms with E-state index < -0.39 is 9.84 Å². The number of rotatable bonds is 3. The molecule has 0 saturated heterocycles. The van der Waals surface area contributed by atoms with Crippen molar-refractivity contribution in [1.82, 2.24) is 0 Å². The minimum absolute atomic E-state index is 0.0138. The fourth-order valence-electron chi connectivity index (χ4n) is 3.03. The zero-order valence-corrected chi connectivity index (χ0v) is 15.4. The number of benzene rings is 2. The molecule has 0 radical (unpaired) electrons. The lowest BCUT2D eigenvalue weighted by molar-refractivity contribution is 0.487. The summed E-state index contributed by atoms with van der Waals surface area (Å²) in [5.41, 5.74) is 4.01. The monoisotopic (exact) mass is 356 g/mol. The van der Waals surface area contributed by atoms with Crippen molar-refractivity contribution >= 4 is 21.0 Å². The van der Waals surface area contributed by atoms with E-state index in [4.69, 9.17) is 0 Å². The van der Waals surface area contributed by atoms with Crippen molar-refractivity contribution in [3.8, 4) is 0 Å².